The summed E-state index contributed by atoms with van der Waals surface area (Å²) in [7, 11) is 0. The zero-order chi connectivity index (χ0) is 24.5. The maximum atomic E-state index is 11.1. The van der Waals surface area contributed by atoms with Crippen molar-refractivity contribution in [2.75, 3.05) is 18.4 Å². The van der Waals surface area contributed by atoms with E-state index in [4.69, 9.17) is 19.3 Å². The lowest BCUT2D eigenvalue weighted by atomic mass is 10.1. The number of nitrogens with zero attached hydrogens (tertiary/aromatic N) is 4. The minimum atomic E-state index is -0.675. The van der Waals surface area contributed by atoms with Crippen molar-refractivity contribution >= 4 is 23.0 Å². The third-order valence-electron chi connectivity index (χ3n) is 7.11. The fourth-order valence-electron chi connectivity index (χ4n) is 5.43. The zero-order valence-electron chi connectivity index (χ0n) is 19.9. The monoisotopic (exact) mass is 495 g/mol. The Kier molecular flexibility index (Phi) is 6.53. The van der Waals surface area contributed by atoms with Gasteiger partial charge in [-0.3, -0.25) is 9.88 Å². The SMILES string of the molecule is O=C([OH2+])CNCC1OC(n2cnc3c(NC4CCCC4)ncnc32)C2OC(Cc3ccccc3)OC12. The summed E-state index contributed by atoms with van der Waals surface area (Å²) in [4.78, 5) is 24.7. The number of benzene rings is 1. The fraction of sp³-hybridized carbons (Fsp3) is 0.520. The molecular formula is C25H31N6O5+. The predicted molar refractivity (Wildman–Crippen MR) is 130 cm³/mol. The second kappa shape index (κ2) is 10.1. The summed E-state index contributed by atoms with van der Waals surface area (Å²) in [5, 5.41) is 13.7. The first-order chi connectivity index (χ1) is 17.7. The number of ether oxygens (including phenoxy) is 3. The van der Waals surface area contributed by atoms with E-state index in [1.165, 1.54) is 12.8 Å². The van der Waals surface area contributed by atoms with Gasteiger partial charge in [-0.2, -0.15) is 0 Å². The molecule has 190 valence electrons. The molecule has 2 aliphatic heterocycles. The van der Waals surface area contributed by atoms with Crippen LogP contribution in [0.1, 0.15) is 37.5 Å². The highest BCUT2D eigenvalue weighted by Gasteiger charge is 2.53. The van der Waals surface area contributed by atoms with Crippen LogP contribution in [0, 0.1) is 0 Å². The quantitative estimate of drug-likeness (QED) is 0.421. The smallest absolute Gasteiger partial charge is 0.529 e. The van der Waals surface area contributed by atoms with Crippen molar-refractivity contribution in [3.63, 3.8) is 0 Å². The van der Waals surface area contributed by atoms with E-state index in [2.05, 4.69) is 25.6 Å². The van der Waals surface area contributed by atoms with Gasteiger partial charge in [-0.15, -0.1) is 0 Å². The van der Waals surface area contributed by atoms with Gasteiger partial charge in [0.1, 0.15) is 24.6 Å². The number of anilines is 1. The fourth-order valence-corrected chi connectivity index (χ4v) is 5.43. The first-order valence-corrected chi connectivity index (χ1v) is 12.6. The number of hydrogen-bond donors (Lipinski definition) is 2. The van der Waals surface area contributed by atoms with Crippen molar-refractivity contribution in [2.45, 2.75) is 69.0 Å². The van der Waals surface area contributed by atoms with Gasteiger partial charge >= 0.3 is 5.97 Å². The van der Waals surface area contributed by atoms with Gasteiger partial charge in [0.25, 0.3) is 0 Å². The number of fused-ring (bicyclic) bond motifs is 2. The van der Waals surface area contributed by atoms with Crippen LogP contribution in [-0.2, 0) is 25.4 Å². The molecule has 0 amide bonds. The third kappa shape index (κ3) is 4.66. The van der Waals surface area contributed by atoms with E-state index in [0.717, 1.165) is 24.2 Å². The van der Waals surface area contributed by atoms with E-state index in [1.807, 2.05) is 34.9 Å². The van der Waals surface area contributed by atoms with Crippen LogP contribution in [-0.4, -0.2) is 74.3 Å². The predicted octanol–water partition coefficient (Wildman–Crippen LogP) is 1.27. The molecule has 3 aliphatic rings. The Hall–Kier alpha value is -3.12. The summed E-state index contributed by atoms with van der Waals surface area (Å²) in [6, 6.07) is 10.5. The van der Waals surface area contributed by atoms with Crippen LogP contribution in [0.2, 0.25) is 0 Å². The van der Waals surface area contributed by atoms with Crippen LogP contribution < -0.4 is 10.6 Å². The number of nitrogens with one attached hydrogen (secondary N) is 2. The van der Waals surface area contributed by atoms with Crippen LogP contribution in [0.4, 0.5) is 5.82 Å². The molecule has 5 atom stereocenters. The van der Waals surface area contributed by atoms with E-state index in [-0.39, 0.29) is 24.9 Å². The second-order valence-electron chi connectivity index (χ2n) is 9.61. The van der Waals surface area contributed by atoms with Crippen molar-refractivity contribution in [3.05, 3.63) is 48.5 Å². The van der Waals surface area contributed by atoms with Crippen LogP contribution >= 0.6 is 0 Å². The van der Waals surface area contributed by atoms with Gasteiger partial charge in [-0.1, -0.05) is 43.2 Å². The van der Waals surface area contributed by atoms with Gasteiger partial charge in [-0.05, 0) is 18.4 Å². The molecule has 4 N–H and O–H groups in total. The molecule has 0 radical (unpaired) electrons. The Balaban J connectivity index is 1.25. The Morgan fingerprint density at radius 3 is 2.67 bits per heavy atom. The van der Waals surface area contributed by atoms with Crippen molar-refractivity contribution < 1.29 is 24.1 Å². The normalized spacial score (nSPS) is 28.1. The van der Waals surface area contributed by atoms with Crippen LogP contribution in [0.5, 0.6) is 0 Å². The molecule has 0 bridgehead atoms. The Morgan fingerprint density at radius 2 is 1.86 bits per heavy atom. The maximum absolute atomic E-state index is 11.1. The van der Waals surface area contributed by atoms with Crippen molar-refractivity contribution in [2.24, 2.45) is 0 Å². The molecule has 1 aliphatic carbocycles. The molecule has 11 heteroatoms. The second-order valence-corrected chi connectivity index (χ2v) is 9.61. The highest BCUT2D eigenvalue weighted by molar-refractivity contribution is 5.82. The van der Waals surface area contributed by atoms with E-state index in [9.17, 15) is 4.79 Å². The van der Waals surface area contributed by atoms with Gasteiger partial charge in [-0.25, -0.2) is 15.0 Å². The maximum Gasteiger partial charge on any atom is 0.529 e. The lowest BCUT2D eigenvalue weighted by Crippen LogP contribution is -2.38. The third-order valence-corrected chi connectivity index (χ3v) is 7.11. The highest BCUT2D eigenvalue weighted by atomic mass is 16.8. The number of hydrogen-bond acceptors (Lipinski definition) is 9. The van der Waals surface area contributed by atoms with E-state index >= 15 is 0 Å². The largest absolute Gasteiger partial charge is 0.564 e. The van der Waals surface area contributed by atoms with Crippen LogP contribution in [0.25, 0.3) is 11.2 Å². The van der Waals surface area contributed by atoms with E-state index in [0.29, 0.717) is 30.2 Å². The minimum absolute atomic E-state index is 0.0480. The molecule has 36 heavy (non-hydrogen) atoms. The summed E-state index contributed by atoms with van der Waals surface area (Å²) in [5.41, 5.74) is 2.49. The number of aromatic nitrogens is 4. The van der Waals surface area contributed by atoms with Crippen molar-refractivity contribution in [1.82, 2.24) is 24.8 Å². The summed E-state index contributed by atoms with van der Waals surface area (Å²) in [5.74, 6) is 0.0594. The average molecular weight is 496 g/mol. The first-order valence-electron chi connectivity index (χ1n) is 12.6. The lowest BCUT2D eigenvalue weighted by Gasteiger charge is -2.21. The minimum Gasteiger partial charge on any atom is -0.564 e. The topological polar surface area (TPSA) is 135 Å². The van der Waals surface area contributed by atoms with Crippen molar-refractivity contribution in [1.29, 1.82) is 0 Å². The molecule has 6 rings (SSSR count). The average Bonchev–Trinajstić information content (AvgIpc) is 3.66. The summed E-state index contributed by atoms with van der Waals surface area (Å²) in [6.07, 6.45) is 6.59. The Bertz CT molecular complexity index is 1200. The zero-order valence-corrected chi connectivity index (χ0v) is 19.9. The molecule has 11 nitrogen and oxygen atoms in total. The summed E-state index contributed by atoms with van der Waals surface area (Å²) < 4.78 is 21.0. The molecule has 0 spiro atoms. The van der Waals surface area contributed by atoms with Gasteiger partial charge in [0.05, 0.1) is 6.33 Å². The number of carbonyl (C=O) groups is 1. The molecular weight excluding hydrogens is 464 g/mol. The van der Waals surface area contributed by atoms with E-state index in [1.54, 1.807) is 12.7 Å². The number of imidazole rings is 1. The molecule has 2 saturated heterocycles. The molecule has 5 unspecified atom stereocenters. The molecule has 4 heterocycles. The standard InChI is InChI=1S/C25H30N6O5/c32-18(33)12-26-11-17-21-22(36-19(35-21)10-15-6-2-1-3-7-15)25(34-17)31-14-29-20-23(27-13-28-24(20)31)30-16-8-4-5-9-16/h1-3,6-7,13-14,16-17,19,21-22,25-26H,4-5,8-12H2,(H,32,33)(H,27,28,30)/p+1. The molecule has 1 saturated carbocycles. The molecule has 3 fully saturated rings. The molecule has 2 aromatic heterocycles. The summed E-state index contributed by atoms with van der Waals surface area (Å²) in [6.45, 7) is 0.313. The van der Waals surface area contributed by atoms with Crippen LogP contribution in [0.15, 0.2) is 43.0 Å². The highest BCUT2D eigenvalue weighted by Crippen LogP contribution is 2.41. The molecule has 3 aromatic rings. The first kappa shape index (κ1) is 23.3. The lowest BCUT2D eigenvalue weighted by molar-refractivity contribution is -0.144. The van der Waals surface area contributed by atoms with Gasteiger partial charge in [0, 0.05) is 23.8 Å². The summed E-state index contributed by atoms with van der Waals surface area (Å²) >= 11 is 0. The van der Waals surface area contributed by atoms with Crippen LogP contribution in [0.3, 0.4) is 0 Å². The Labute approximate surface area is 208 Å². The molecule has 1 aromatic carbocycles. The van der Waals surface area contributed by atoms with Gasteiger partial charge < -0.3 is 24.6 Å². The van der Waals surface area contributed by atoms with Gasteiger partial charge in [0.2, 0.25) is 0 Å². The van der Waals surface area contributed by atoms with Gasteiger partial charge in [0.15, 0.2) is 36.0 Å². The van der Waals surface area contributed by atoms with Crippen molar-refractivity contribution in [3.8, 4) is 0 Å². The number of carbonyl (C=O) groups excluding carboxylic acids is 1. The van der Waals surface area contributed by atoms with E-state index < -0.39 is 18.5 Å². The number of rotatable bonds is 9. The Morgan fingerprint density at radius 1 is 1.06 bits per heavy atom.